The third-order valence-corrected chi connectivity index (χ3v) is 3.34. The molecule has 102 valence electrons. The topological polar surface area (TPSA) is 26.3 Å². The highest BCUT2D eigenvalue weighted by Gasteiger charge is 2.07. The molecule has 2 aromatic carbocycles. The zero-order valence-corrected chi connectivity index (χ0v) is 11.7. The van der Waals surface area contributed by atoms with Gasteiger partial charge in [-0.05, 0) is 34.9 Å². The first-order chi connectivity index (χ1) is 9.74. The fourth-order valence-corrected chi connectivity index (χ4v) is 2.29. The SMILES string of the molecule is C#CCCCC(=O)Cc1cccc2ccc(OC)cc12. The van der Waals surface area contributed by atoms with Crippen molar-refractivity contribution in [1.29, 1.82) is 0 Å². The van der Waals surface area contributed by atoms with Gasteiger partial charge in [-0.25, -0.2) is 0 Å². The second-order valence-electron chi connectivity index (χ2n) is 4.78. The largest absolute Gasteiger partial charge is 0.497 e. The molecule has 0 saturated carbocycles. The van der Waals surface area contributed by atoms with Crippen molar-refractivity contribution in [3.8, 4) is 18.1 Å². The van der Waals surface area contributed by atoms with Gasteiger partial charge in [-0.3, -0.25) is 4.79 Å². The number of carbonyl (C=O) groups is 1. The van der Waals surface area contributed by atoms with Gasteiger partial charge in [0.05, 0.1) is 7.11 Å². The summed E-state index contributed by atoms with van der Waals surface area (Å²) in [5.74, 6) is 3.60. The fraction of sp³-hybridized carbons (Fsp3) is 0.278. The second-order valence-corrected chi connectivity index (χ2v) is 4.78. The summed E-state index contributed by atoms with van der Waals surface area (Å²) < 4.78 is 5.25. The molecule has 0 aliphatic carbocycles. The maximum Gasteiger partial charge on any atom is 0.137 e. The van der Waals surface area contributed by atoms with Crippen molar-refractivity contribution in [2.75, 3.05) is 7.11 Å². The number of fused-ring (bicyclic) bond motifs is 1. The summed E-state index contributed by atoms with van der Waals surface area (Å²) >= 11 is 0. The molecular formula is C18H18O2. The highest BCUT2D eigenvalue weighted by atomic mass is 16.5. The summed E-state index contributed by atoms with van der Waals surface area (Å²) in [5.41, 5.74) is 1.05. The molecule has 2 rings (SSSR count). The fourth-order valence-electron chi connectivity index (χ4n) is 2.29. The smallest absolute Gasteiger partial charge is 0.137 e. The first-order valence-electron chi connectivity index (χ1n) is 6.75. The summed E-state index contributed by atoms with van der Waals surface area (Å²) in [6, 6.07) is 12.0. The number of rotatable bonds is 6. The highest BCUT2D eigenvalue weighted by Crippen LogP contribution is 2.24. The number of unbranched alkanes of at least 4 members (excludes halogenated alkanes) is 1. The third-order valence-electron chi connectivity index (χ3n) is 3.34. The molecule has 0 aliphatic rings. The monoisotopic (exact) mass is 266 g/mol. The number of benzene rings is 2. The molecule has 2 aromatic rings. The molecule has 0 saturated heterocycles. The molecule has 0 bridgehead atoms. The molecule has 0 aliphatic heterocycles. The maximum absolute atomic E-state index is 12.0. The van der Waals surface area contributed by atoms with Crippen molar-refractivity contribution in [3.63, 3.8) is 0 Å². The van der Waals surface area contributed by atoms with Gasteiger partial charge in [0, 0.05) is 19.3 Å². The van der Waals surface area contributed by atoms with Gasteiger partial charge in [0.25, 0.3) is 0 Å². The van der Waals surface area contributed by atoms with Crippen LogP contribution in [0, 0.1) is 12.3 Å². The van der Waals surface area contributed by atoms with Gasteiger partial charge >= 0.3 is 0 Å². The number of ether oxygens (including phenoxy) is 1. The average molecular weight is 266 g/mol. The van der Waals surface area contributed by atoms with E-state index in [2.05, 4.69) is 5.92 Å². The van der Waals surface area contributed by atoms with Crippen LogP contribution < -0.4 is 4.74 Å². The van der Waals surface area contributed by atoms with Gasteiger partial charge in [-0.1, -0.05) is 24.3 Å². The van der Waals surface area contributed by atoms with Gasteiger partial charge in [-0.2, -0.15) is 0 Å². The van der Waals surface area contributed by atoms with Crippen LogP contribution in [-0.4, -0.2) is 12.9 Å². The van der Waals surface area contributed by atoms with E-state index in [-0.39, 0.29) is 5.78 Å². The molecule has 0 spiro atoms. The molecule has 0 amide bonds. The molecular weight excluding hydrogens is 248 g/mol. The first kappa shape index (κ1) is 14.1. The van der Waals surface area contributed by atoms with Crippen LogP contribution in [0.3, 0.4) is 0 Å². The summed E-state index contributed by atoms with van der Waals surface area (Å²) in [6.45, 7) is 0. The lowest BCUT2D eigenvalue weighted by Gasteiger charge is -2.08. The normalized spacial score (nSPS) is 10.2. The standard InChI is InChI=1S/C18H18O2/c1-3-4-5-9-16(19)12-15-8-6-7-14-10-11-17(20-2)13-18(14)15/h1,6-8,10-11,13H,4-5,9,12H2,2H3. The van der Waals surface area contributed by atoms with Gasteiger partial charge in [0.1, 0.15) is 11.5 Å². The van der Waals surface area contributed by atoms with E-state index in [1.807, 2.05) is 36.4 Å². The van der Waals surface area contributed by atoms with Crippen LogP contribution in [0.1, 0.15) is 24.8 Å². The van der Waals surface area contributed by atoms with Crippen LogP contribution in [0.4, 0.5) is 0 Å². The summed E-state index contributed by atoms with van der Waals surface area (Å²) in [6.07, 6.45) is 7.63. The third kappa shape index (κ3) is 3.39. The average Bonchev–Trinajstić information content (AvgIpc) is 2.47. The van der Waals surface area contributed by atoms with E-state index < -0.39 is 0 Å². The minimum atomic E-state index is 0.232. The molecule has 0 unspecified atom stereocenters. The van der Waals surface area contributed by atoms with E-state index in [1.165, 1.54) is 0 Å². The van der Waals surface area contributed by atoms with Crippen molar-refractivity contribution in [2.45, 2.75) is 25.7 Å². The van der Waals surface area contributed by atoms with Gasteiger partial charge in [-0.15, -0.1) is 12.3 Å². The highest BCUT2D eigenvalue weighted by molar-refractivity contribution is 5.91. The molecule has 0 heterocycles. The predicted octanol–water partition coefficient (Wildman–Crippen LogP) is 3.76. The van der Waals surface area contributed by atoms with Crippen molar-refractivity contribution in [3.05, 3.63) is 42.0 Å². The Morgan fingerprint density at radius 2 is 2.15 bits per heavy atom. The van der Waals surface area contributed by atoms with Crippen molar-refractivity contribution >= 4 is 16.6 Å². The molecule has 2 nitrogen and oxygen atoms in total. The molecule has 20 heavy (non-hydrogen) atoms. The Kier molecular flexibility index (Phi) is 4.79. The number of hydrogen-bond acceptors (Lipinski definition) is 2. The Bertz CT molecular complexity index is 650. The van der Waals surface area contributed by atoms with Crippen molar-refractivity contribution < 1.29 is 9.53 Å². The predicted molar refractivity (Wildman–Crippen MR) is 81.9 cm³/mol. The van der Waals surface area contributed by atoms with Gasteiger partial charge < -0.3 is 4.74 Å². The number of ketones is 1. The van der Waals surface area contributed by atoms with E-state index >= 15 is 0 Å². The van der Waals surface area contributed by atoms with Crippen molar-refractivity contribution in [2.24, 2.45) is 0 Å². The van der Waals surface area contributed by atoms with Crippen LogP contribution >= 0.6 is 0 Å². The van der Waals surface area contributed by atoms with Crippen LogP contribution in [0.2, 0.25) is 0 Å². The van der Waals surface area contributed by atoms with Crippen molar-refractivity contribution in [1.82, 2.24) is 0 Å². The zero-order valence-electron chi connectivity index (χ0n) is 11.7. The molecule has 0 aromatic heterocycles. The number of methoxy groups -OCH3 is 1. The van der Waals surface area contributed by atoms with Gasteiger partial charge in [0.15, 0.2) is 0 Å². The van der Waals surface area contributed by atoms with Crippen LogP contribution in [-0.2, 0) is 11.2 Å². The maximum atomic E-state index is 12.0. The van der Waals surface area contributed by atoms with Gasteiger partial charge in [0.2, 0.25) is 0 Å². The first-order valence-corrected chi connectivity index (χ1v) is 6.75. The number of Topliss-reactive ketones (excluding diaryl/α,β-unsaturated/α-hetero) is 1. The quantitative estimate of drug-likeness (QED) is 0.587. The van der Waals surface area contributed by atoms with Crippen LogP contribution in [0.15, 0.2) is 36.4 Å². The molecule has 2 heteroatoms. The minimum Gasteiger partial charge on any atom is -0.497 e. The van der Waals surface area contributed by atoms with Crippen LogP contribution in [0.5, 0.6) is 5.75 Å². The Labute approximate surface area is 119 Å². The molecule has 0 fully saturated rings. The van der Waals surface area contributed by atoms with Crippen LogP contribution in [0.25, 0.3) is 10.8 Å². The molecule has 0 radical (unpaired) electrons. The Morgan fingerprint density at radius 1 is 1.30 bits per heavy atom. The summed E-state index contributed by atoms with van der Waals surface area (Å²) in [5, 5.41) is 2.21. The molecule has 0 atom stereocenters. The lowest BCUT2D eigenvalue weighted by Crippen LogP contribution is -2.03. The van der Waals surface area contributed by atoms with E-state index in [0.29, 0.717) is 19.3 Å². The summed E-state index contributed by atoms with van der Waals surface area (Å²) in [7, 11) is 1.65. The number of hydrogen-bond donors (Lipinski definition) is 0. The Morgan fingerprint density at radius 3 is 2.90 bits per heavy atom. The second kappa shape index (κ2) is 6.77. The number of carbonyl (C=O) groups excluding carboxylic acids is 1. The van der Waals surface area contributed by atoms with E-state index in [0.717, 1.165) is 28.5 Å². The summed E-state index contributed by atoms with van der Waals surface area (Å²) in [4.78, 5) is 12.0. The Balaban J connectivity index is 2.21. The Hall–Kier alpha value is -2.27. The lowest BCUT2D eigenvalue weighted by atomic mass is 9.98. The lowest BCUT2D eigenvalue weighted by molar-refractivity contribution is -0.118. The van der Waals surface area contributed by atoms with E-state index in [1.54, 1.807) is 7.11 Å². The molecule has 0 N–H and O–H groups in total. The number of terminal acetylenes is 1. The zero-order chi connectivity index (χ0) is 14.4. The van der Waals surface area contributed by atoms with E-state index in [4.69, 9.17) is 11.2 Å². The minimum absolute atomic E-state index is 0.232. The van der Waals surface area contributed by atoms with E-state index in [9.17, 15) is 4.79 Å².